The van der Waals surface area contributed by atoms with Crippen LogP contribution in [-0.4, -0.2) is 16.3 Å². The first kappa shape index (κ1) is 11.5. The van der Waals surface area contributed by atoms with Crippen molar-refractivity contribution in [2.75, 3.05) is 5.75 Å². The van der Waals surface area contributed by atoms with Gasteiger partial charge in [0.2, 0.25) is 0 Å². The first-order chi connectivity index (χ1) is 7.13. The number of hydrogen-bond donors (Lipinski definition) is 0. The van der Waals surface area contributed by atoms with Gasteiger partial charge in [0, 0.05) is 9.13 Å². The Morgan fingerprint density at radius 2 is 2.20 bits per heavy atom. The largest absolute Gasteiger partial charge is 0.293 e. The lowest BCUT2D eigenvalue weighted by Crippen LogP contribution is -2.29. The van der Waals surface area contributed by atoms with Crippen molar-refractivity contribution in [2.45, 2.75) is 24.5 Å². The van der Waals surface area contributed by atoms with Gasteiger partial charge in [-0.1, -0.05) is 18.2 Å². The van der Waals surface area contributed by atoms with Crippen molar-refractivity contribution in [3.63, 3.8) is 0 Å². The minimum atomic E-state index is -0.179. The Hall–Kier alpha value is -0.0300. The van der Waals surface area contributed by atoms with Gasteiger partial charge in [0.1, 0.15) is 0 Å². The van der Waals surface area contributed by atoms with Gasteiger partial charge in [0.15, 0.2) is 5.78 Å². The van der Waals surface area contributed by atoms with E-state index in [2.05, 4.69) is 29.5 Å². The van der Waals surface area contributed by atoms with Gasteiger partial charge in [-0.25, -0.2) is 0 Å². The summed E-state index contributed by atoms with van der Waals surface area (Å²) in [7, 11) is 0. The molecular formula is C12H13IOS. The minimum absolute atomic E-state index is 0.179. The van der Waals surface area contributed by atoms with Gasteiger partial charge < -0.3 is 0 Å². The molecule has 0 aliphatic carbocycles. The second kappa shape index (κ2) is 4.45. The highest BCUT2D eigenvalue weighted by molar-refractivity contribution is 14.1. The molecule has 0 bridgehead atoms. The molecular weight excluding hydrogens is 319 g/mol. The molecule has 0 saturated carbocycles. The van der Waals surface area contributed by atoms with Crippen LogP contribution in [-0.2, 0) is 0 Å². The van der Waals surface area contributed by atoms with Crippen LogP contribution < -0.4 is 0 Å². The molecule has 1 atom stereocenters. The van der Waals surface area contributed by atoms with Crippen LogP contribution in [0.2, 0.25) is 0 Å². The molecule has 0 spiro atoms. The predicted molar refractivity (Wildman–Crippen MR) is 73.6 cm³/mol. The Labute approximate surface area is 108 Å². The number of halogens is 1. The highest BCUT2D eigenvalue weighted by Crippen LogP contribution is 2.40. The van der Waals surface area contributed by atoms with Crippen molar-refractivity contribution in [2.24, 2.45) is 0 Å². The van der Waals surface area contributed by atoms with Gasteiger partial charge in [0.25, 0.3) is 0 Å². The van der Waals surface area contributed by atoms with E-state index in [9.17, 15) is 4.79 Å². The minimum Gasteiger partial charge on any atom is -0.293 e. The van der Waals surface area contributed by atoms with Gasteiger partial charge >= 0.3 is 0 Å². The van der Waals surface area contributed by atoms with Crippen LogP contribution in [0.15, 0.2) is 24.3 Å². The van der Waals surface area contributed by atoms with Crippen LogP contribution in [0.3, 0.4) is 0 Å². The zero-order chi connectivity index (χ0) is 10.9. The fourth-order valence-corrected chi connectivity index (χ4v) is 3.79. The summed E-state index contributed by atoms with van der Waals surface area (Å²) in [5.41, 5.74) is 0.884. The van der Waals surface area contributed by atoms with Crippen molar-refractivity contribution in [3.8, 4) is 0 Å². The van der Waals surface area contributed by atoms with Crippen LogP contribution in [0.4, 0.5) is 0 Å². The van der Waals surface area contributed by atoms with Crippen molar-refractivity contribution in [3.05, 3.63) is 33.4 Å². The number of thioether (sulfide) groups is 1. The molecule has 1 aliphatic heterocycles. The molecule has 80 valence electrons. The average molecular weight is 332 g/mol. The van der Waals surface area contributed by atoms with Crippen LogP contribution >= 0.6 is 34.4 Å². The smallest absolute Gasteiger partial charge is 0.179 e. The number of rotatable bonds is 2. The van der Waals surface area contributed by atoms with Gasteiger partial charge in [-0.2, -0.15) is 0 Å². The molecule has 1 aromatic rings. The molecule has 15 heavy (non-hydrogen) atoms. The Morgan fingerprint density at radius 3 is 2.80 bits per heavy atom. The lowest BCUT2D eigenvalue weighted by atomic mass is 9.95. The number of carbonyl (C=O) groups is 1. The van der Waals surface area contributed by atoms with E-state index < -0.39 is 0 Å². The number of Topliss-reactive ketones (excluding diaryl/α,β-unsaturated/α-hetero) is 1. The molecule has 1 saturated heterocycles. The topological polar surface area (TPSA) is 17.1 Å². The molecule has 3 heteroatoms. The van der Waals surface area contributed by atoms with Crippen LogP contribution in [0.1, 0.15) is 30.1 Å². The van der Waals surface area contributed by atoms with E-state index in [-0.39, 0.29) is 4.75 Å². The molecule has 1 aromatic carbocycles. The highest BCUT2D eigenvalue weighted by atomic mass is 127. The quantitative estimate of drug-likeness (QED) is 0.606. The Morgan fingerprint density at radius 1 is 1.47 bits per heavy atom. The van der Waals surface area contributed by atoms with Crippen LogP contribution in [0.5, 0.6) is 0 Å². The van der Waals surface area contributed by atoms with Crippen molar-refractivity contribution in [1.29, 1.82) is 0 Å². The second-order valence-electron chi connectivity index (χ2n) is 3.99. The maximum atomic E-state index is 12.4. The van der Waals surface area contributed by atoms with E-state index in [4.69, 9.17) is 0 Å². The second-order valence-corrected chi connectivity index (χ2v) is 6.75. The summed E-state index contributed by atoms with van der Waals surface area (Å²) in [6.45, 7) is 2.08. The van der Waals surface area contributed by atoms with E-state index in [0.29, 0.717) is 5.78 Å². The van der Waals surface area contributed by atoms with E-state index in [0.717, 1.165) is 27.7 Å². The molecule has 2 rings (SSSR count). The number of carbonyl (C=O) groups excluding carboxylic acids is 1. The molecule has 1 aliphatic rings. The summed E-state index contributed by atoms with van der Waals surface area (Å²) in [5.74, 6) is 1.42. The van der Waals surface area contributed by atoms with Crippen LogP contribution in [0.25, 0.3) is 0 Å². The van der Waals surface area contributed by atoms with E-state index in [1.54, 1.807) is 11.8 Å². The van der Waals surface area contributed by atoms with Crippen molar-refractivity contribution in [1.82, 2.24) is 0 Å². The molecule has 1 nitrogen and oxygen atoms in total. The Bertz CT molecular complexity index is 383. The van der Waals surface area contributed by atoms with E-state index >= 15 is 0 Å². The third-order valence-electron chi connectivity index (χ3n) is 2.82. The lowest BCUT2D eigenvalue weighted by molar-refractivity contribution is 0.0948. The maximum Gasteiger partial charge on any atom is 0.179 e. The SMILES string of the molecule is CC1(C(=O)c2ccccc2I)CCCS1. The van der Waals surface area contributed by atoms with E-state index in [1.165, 1.54) is 0 Å². The van der Waals surface area contributed by atoms with Gasteiger partial charge in [0.05, 0.1) is 4.75 Å². The van der Waals surface area contributed by atoms with E-state index in [1.807, 2.05) is 24.3 Å². The molecule has 1 unspecified atom stereocenters. The molecule has 1 fully saturated rings. The third kappa shape index (κ3) is 2.23. The first-order valence-corrected chi connectivity index (χ1v) is 7.13. The summed E-state index contributed by atoms with van der Waals surface area (Å²) in [5, 5.41) is 0. The summed E-state index contributed by atoms with van der Waals surface area (Å²) >= 11 is 4.04. The third-order valence-corrected chi connectivity index (χ3v) is 5.28. The molecule has 0 N–H and O–H groups in total. The molecule has 0 aromatic heterocycles. The number of ketones is 1. The first-order valence-electron chi connectivity index (χ1n) is 5.07. The highest BCUT2D eigenvalue weighted by Gasteiger charge is 2.38. The Kier molecular flexibility index (Phi) is 3.40. The molecule has 1 heterocycles. The lowest BCUT2D eigenvalue weighted by Gasteiger charge is -2.21. The maximum absolute atomic E-state index is 12.4. The molecule has 0 radical (unpaired) electrons. The fourth-order valence-electron chi connectivity index (χ4n) is 1.89. The predicted octanol–water partition coefficient (Wildman–Crippen LogP) is 3.76. The van der Waals surface area contributed by atoms with Gasteiger partial charge in [-0.15, -0.1) is 11.8 Å². The number of benzene rings is 1. The monoisotopic (exact) mass is 332 g/mol. The zero-order valence-electron chi connectivity index (χ0n) is 8.63. The summed E-state index contributed by atoms with van der Waals surface area (Å²) in [6.07, 6.45) is 2.18. The summed E-state index contributed by atoms with van der Waals surface area (Å²) in [4.78, 5) is 12.4. The van der Waals surface area contributed by atoms with Gasteiger partial charge in [-0.3, -0.25) is 4.79 Å². The summed E-state index contributed by atoms with van der Waals surface area (Å²) in [6, 6.07) is 7.85. The average Bonchev–Trinajstić information content (AvgIpc) is 2.66. The normalized spacial score (nSPS) is 25.5. The van der Waals surface area contributed by atoms with Crippen molar-refractivity contribution >= 4 is 40.1 Å². The summed E-state index contributed by atoms with van der Waals surface area (Å²) < 4.78 is 0.884. The van der Waals surface area contributed by atoms with Gasteiger partial charge in [-0.05, 0) is 54.2 Å². The van der Waals surface area contributed by atoms with Crippen LogP contribution in [0, 0.1) is 3.57 Å². The fraction of sp³-hybridized carbons (Fsp3) is 0.417. The molecule has 0 amide bonds. The number of hydrogen-bond acceptors (Lipinski definition) is 2. The standard InChI is InChI=1S/C12H13IOS/c1-12(7-4-8-15-12)11(14)9-5-2-3-6-10(9)13/h2-3,5-6H,4,7-8H2,1H3. The Balaban J connectivity index is 2.32. The van der Waals surface area contributed by atoms with Crippen molar-refractivity contribution < 1.29 is 4.79 Å². The zero-order valence-corrected chi connectivity index (χ0v) is 11.6.